The first-order valence-corrected chi connectivity index (χ1v) is 7.74. The quantitative estimate of drug-likeness (QED) is 0.795. The van der Waals surface area contributed by atoms with Crippen LogP contribution in [0, 0.1) is 5.82 Å². The van der Waals surface area contributed by atoms with Gasteiger partial charge in [-0.3, -0.25) is 9.59 Å². The van der Waals surface area contributed by atoms with E-state index in [4.69, 9.17) is 0 Å². The van der Waals surface area contributed by atoms with Gasteiger partial charge in [-0.05, 0) is 17.2 Å². The Labute approximate surface area is 140 Å². The van der Waals surface area contributed by atoms with Crippen molar-refractivity contribution in [2.24, 2.45) is 0 Å². The summed E-state index contributed by atoms with van der Waals surface area (Å²) in [6.45, 7) is 0.199. The molecule has 0 aromatic heterocycles. The van der Waals surface area contributed by atoms with Gasteiger partial charge in [0.25, 0.3) is 0 Å². The zero-order chi connectivity index (χ0) is 17.4. The fraction of sp³-hybridized carbons (Fsp3) is 0.263. The van der Waals surface area contributed by atoms with Crippen LogP contribution >= 0.6 is 0 Å². The average Bonchev–Trinajstić information content (AvgIpc) is 2.61. The summed E-state index contributed by atoms with van der Waals surface area (Å²) in [5.41, 5.74) is 1.34. The highest BCUT2D eigenvalue weighted by molar-refractivity contribution is 5.78. The molecule has 24 heavy (non-hydrogen) atoms. The molecule has 4 nitrogen and oxygen atoms in total. The van der Waals surface area contributed by atoms with Crippen molar-refractivity contribution < 1.29 is 18.7 Å². The lowest BCUT2D eigenvalue weighted by atomic mass is 9.88. The van der Waals surface area contributed by atoms with E-state index in [1.54, 1.807) is 18.2 Å². The molecule has 0 unspecified atom stereocenters. The van der Waals surface area contributed by atoms with E-state index in [1.807, 2.05) is 30.3 Å². The van der Waals surface area contributed by atoms with Gasteiger partial charge in [0.2, 0.25) is 5.91 Å². The second-order valence-electron chi connectivity index (χ2n) is 5.36. The Morgan fingerprint density at radius 3 is 2.42 bits per heavy atom. The number of amides is 1. The predicted molar refractivity (Wildman–Crippen MR) is 88.9 cm³/mol. The largest absolute Gasteiger partial charge is 0.469 e. The minimum Gasteiger partial charge on any atom is -0.469 e. The Morgan fingerprint density at radius 1 is 1.08 bits per heavy atom. The summed E-state index contributed by atoms with van der Waals surface area (Å²) < 4.78 is 18.7. The Morgan fingerprint density at radius 2 is 1.75 bits per heavy atom. The molecular formula is C19H20FNO3. The standard InChI is InChI=1S/C19H20FNO3/c1-24-19(23)11-12-21-18(22)13-16(14-7-3-2-4-8-14)15-9-5-6-10-17(15)20/h2-10,16H,11-13H2,1H3,(H,21,22)/t16-/m1/s1. The van der Waals surface area contributed by atoms with Gasteiger partial charge in [0.15, 0.2) is 0 Å². The summed E-state index contributed by atoms with van der Waals surface area (Å²) in [5.74, 6) is -1.35. The minimum absolute atomic E-state index is 0.103. The van der Waals surface area contributed by atoms with Crippen LogP contribution in [-0.2, 0) is 14.3 Å². The molecule has 0 heterocycles. The number of carbonyl (C=O) groups is 2. The summed E-state index contributed by atoms with van der Waals surface area (Å²) in [6.07, 6.45) is 0.212. The molecule has 0 spiro atoms. The molecule has 0 bridgehead atoms. The molecule has 126 valence electrons. The second kappa shape index (κ2) is 8.82. The van der Waals surface area contributed by atoms with E-state index < -0.39 is 0 Å². The molecule has 0 aliphatic heterocycles. The van der Waals surface area contributed by atoms with Crippen LogP contribution in [0.3, 0.4) is 0 Å². The fourth-order valence-electron chi connectivity index (χ4n) is 2.51. The number of hydrogen-bond acceptors (Lipinski definition) is 3. The number of esters is 1. The predicted octanol–water partition coefficient (Wildman–Crippen LogP) is 3.03. The Bertz CT molecular complexity index is 688. The Hall–Kier alpha value is -2.69. The topological polar surface area (TPSA) is 55.4 Å². The van der Waals surface area contributed by atoms with Crippen LogP contribution in [0.1, 0.15) is 29.9 Å². The van der Waals surface area contributed by atoms with Crippen LogP contribution in [0.15, 0.2) is 54.6 Å². The smallest absolute Gasteiger partial charge is 0.307 e. The van der Waals surface area contributed by atoms with E-state index in [9.17, 15) is 14.0 Å². The zero-order valence-corrected chi connectivity index (χ0v) is 13.5. The maximum Gasteiger partial charge on any atom is 0.307 e. The highest BCUT2D eigenvalue weighted by atomic mass is 19.1. The molecule has 0 radical (unpaired) electrons. The highest BCUT2D eigenvalue weighted by Gasteiger charge is 2.21. The molecule has 2 rings (SSSR count). The molecule has 5 heteroatoms. The molecule has 1 amide bonds. The summed E-state index contributed by atoms with van der Waals surface area (Å²) in [6, 6.07) is 15.8. The number of methoxy groups -OCH3 is 1. The molecular weight excluding hydrogens is 309 g/mol. The van der Waals surface area contributed by atoms with Crippen LogP contribution in [-0.4, -0.2) is 25.5 Å². The number of hydrogen-bond donors (Lipinski definition) is 1. The van der Waals surface area contributed by atoms with Crippen molar-refractivity contribution in [2.75, 3.05) is 13.7 Å². The van der Waals surface area contributed by atoms with Gasteiger partial charge in [-0.1, -0.05) is 48.5 Å². The van der Waals surface area contributed by atoms with Crippen molar-refractivity contribution in [2.45, 2.75) is 18.8 Å². The van der Waals surface area contributed by atoms with Crippen molar-refractivity contribution in [1.82, 2.24) is 5.32 Å². The van der Waals surface area contributed by atoms with Crippen LogP contribution in [0.4, 0.5) is 4.39 Å². The average molecular weight is 329 g/mol. The number of halogens is 1. The van der Waals surface area contributed by atoms with Crippen molar-refractivity contribution in [3.05, 3.63) is 71.5 Å². The molecule has 0 aliphatic carbocycles. The van der Waals surface area contributed by atoms with Gasteiger partial charge in [0, 0.05) is 18.9 Å². The van der Waals surface area contributed by atoms with E-state index in [-0.39, 0.29) is 43.0 Å². The normalized spacial score (nSPS) is 11.6. The number of nitrogens with one attached hydrogen (secondary N) is 1. The number of carbonyl (C=O) groups excluding carboxylic acids is 2. The molecule has 0 saturated heterocycles. The van der Waals surface area contributed by atoms with Gasteiger partial charge in [-0.15, -0.1) is 0 Å². The molecule has 2 aromatic carbocycles. The Kier molecular flexibility index (Phi) is 6.49. The third-order valence-corrected chi connectivity index (χ3v) is 3.75. The van der Waals surface area contributed by atoms with Crippen LogP contribution < -0.4 is 5.32 Å². The maximum absolute atomic E-state index is 14.2. The second-order valence-corrected chi connectivity index (χ2v) is 5.36. The van der Waals surface area contributed by atoms with Gasteiger partial charge in [-0.25, -0.2) is 4.39 Å². The van der Waals surface area contributed by atoms with Crippen LogP contribution in [0.5, 0.6) is 0 Å². The summed E-state index contributed by atoms with van der Waals surface area (Å²) in [5, 5.41) is 2.68. The van der Waals surface area contributed by atoms with Gasteiger partial charge in [-0.2, -0.15) is 0 Å². The van der Waals surface area contributed by atoms with E-state index in [2.05, 4.69) is 10.1 Å². The van der Waals surface area contributed by atoms with Gasteiger partial charge in [0.05, 0.1) is 13.5 Å². The Balaban J connectivity index is 2.11. The van der Waals surface area contributed by atoms with Crippen molar-refractivity contribution >= 4 is 11.9 Å². The molecule has 1 N–H and O–H groups in total. The summed E-state index contributed by atoms with van der Waals surface area (Å²) in [4.78, 5) is 23.3. The van der Waals surface area contributed by atoms with Crippen LogP contribution in [0.25, 0.3) is 0 Å². The highest BCUT2D eigenvalue weighted by Crippen LogP contribution is 2.29. The van der Waals surface area contributed by atoms with E-state index in [0.717, 1.165) is 5.56 Å². The van der Waals surface area contributed by atoms with Gasteiger partial charge < -0.3 is 10.1 Å². The monoisotopic (exact) mass is 329 g/mol. The van der Waals surface area contributed by atoms with Gasteiger partial charge >= 0.3 is 5.97 Å². The van der Waals surface area contributed by atoms with E-state index in [1.165, 1.54) is 13.2 Å². The van der Waals surface area contributed by atoms with E-state index >= 15 is 0 Å². The van der Waals surface area contributed by atoms with Crippen molar-refractivity contribution in [1.29, 1.82) is 0 Å². The lowest BCUT2D eigenvalue weighted by Crippen LogP contribution is -2.28. The molecule has 2 aromatic rings. The number of benzene rings is 2. The van der Waals surface area contributed by atoms with E-state index in [0.29, 0.717) is 5.56 Å². The molecule has 0 aliphatic rings. The first-order valence-electron chi connectivity index (χ1n) is 7.74. The lowest BCUT2D eigenvalue weighted by molar-refractivity contribution is -0.140. The minimum atomic E-state index is -0.385. The maximum atomic E-state index is 14.2. The van der Waals surface area contributed by atoms with Crippen LogP contribution in [0.2, 0.25) is 0 Å². The molecule has 0 saturated carbocycles. The van der Waals surface area contributed by atoms with Crippen molar-refractivity contribution in [3.8, 4) is 0 Å². The number of rotatable bonds is 7. The fourth-order valence-corrected chi connectivity index (χ4v) is 2.51. The van der Waals surface area contributed by atoms with Crippen molar-refractivity contribution in [3.63, 3.8) is 0 Å². The summed E-state index contributed by atoms with van der Waals surface area (Å²) >= 11 is 0. The van der Waals surface area contributed by atoms with Gasteiger partial charge in [0.1, 0.15) is 5.82 Å². The first-order chi connectivity index (χ1) is 11.6. The third kappa shape index (κ3) is 4.91. The lowest BCUT2D eigenvalue weighted by Gasteiger charge is -2.18. The third-order valence-electron chi connectivity index (χ3n) is 3.75. The SMILES string of the molecule is COC(=O)CCNC(=O)C[C@H](c1ccccc1)c1ccccc1F. The zero-order valence-electron chi connectivity index (χ0n) is 13.5. The summed E-state index contributed by atoms with van der Waals surface area (Å²) in [7, 11) is 1.30. The molecule has 1 atom stereocenters. The number of ether oxygens (including phenoxy) is 1. The first kappa shape index (κ1) is 17.7. The molecule has 0 fully saturated rings.